The summed E-state index contributed by atoms with van der Waals surface area (Å²) in [5, 5.41) is 1.22. The van der Waals surface area contributed by atoms with Gasteiger partial charge in [0, 0.05) is 19.3 Å². The molecule has 0 aromatic heterocycles. The van der Waals surface area contributed by atoms with E-state index in [4.69, 9.17) is 14.6 Å². The topological polar surface area (TPSA) is 44.5 Å². The first-order valence-corrected chi connectivity index (χ1v) is 9.76. The Morgan fingerprint density at radius 3 is 2.05 bits per heavy atom. The van der Waals surface area contributed by atoms with Crippen molar-refractivity contribution in [2.75, 3.05) is 13.2 Å². The maximum Gasteiger partial charge on any atom is 0.372 e. The first-order valence-electron chi connectivity index (χ1n) is 7.73. The lowest BCUT2D eigenvalue weighted by molar-refractivity contribution is 0.178. The van der Waals surface area contributed by atoms with Crippen LogP contribution in [0.15, 0.2) is 30.3 Å². The Kier molecular flexibility index (Phi) is 8.07. The van der Waals surface area contributed by atoms with Crippen LogP contribution >= 0.6 is 0 Å². The van der Waals surface area contributed by atoms with E-state index < -0.39 is 8.56 Å². The van der Waals surface area contributed by atoms with Crippen molar-refractivity contribution in [2.45, 2.75) is 52.1 Å². The average molecular weight is 295 g/mol. The monoisotopic (exact) mass is 295 g/mol. The average Bonchev–Trinajstić information content (AvgIpc) is 2.48. The number of hydrogen-bond acceptors (Lipinski definition) is 3. The summed E-state index contributed by atoms with van der Waals surface area (Å²) in [4.78, 5) is 0. The van der Waals surface area contributed by atoms with Crippen LogP contribution in [0.4, 0.5) is 0 Å². The van der Waals surface area contributed by atoms with Crippen molar-refractivity contribution in [3.05, 3.63) is 30.3 Å². The van der Waals surface area contributed by atoms with Gasteiger partial charge < -0.3 is 14.6 Å². The minimum absolute atomic E-state index is 0.182. The van der Waals surface area contributed by atoms with Gasteiger partial charge in [-0.3, -0.25) is 0 Å². The van der Waals surface area contributed by atoms with Gasteiger partial charge in [-0.2, -0.15) is 0 Å². The highest BCUT2D eigenvalue weighted by atomic mass is 28.4. The number of hydrogen-bond donors (Lipinski definition) is 1. The molecule has 0 radical (unpaired) electrons. The third kappa shape index (κ3) is 5.36. The standard InChI is InChI=1S/C16H29NO2Si/c1-4-12-18-20(19-13-5-2,14-11-15(3)17)16-9-7-6-8-10-16/h6-10,15H,4-5,11-14,17H2,1-3H3. The molecule has 0 heterocycles. The largest absolute Gasteiger partial charge is 0.391 e. The van der Waals surface area contributed by atoms with Crippen molar-refractivity contribution >= 4 is 13.7 Å². The predicted molar refractivity (Wildman–Crippen MR) is 87.4 cm³/mol. The van der Waals surface area contributed by atoms with Gasteiger partial charge >= 0.3 is 8.56 Å². The first-order chi connectivity index (χ1) is 9.64. The fourth-order valence-electron chi connectivity index (χ4n) is 2.14. The summed E-state index contributed by atoms with van der Waals surface area (Å²) < 4.78 is 12.6. The molecule has 114 valence electrons. The second kappa shape index (κ2) is 9.29. The van der Waals surface area contributed by atoms with Crippen LogP contribution in [0.1, 0.15) is 40.0 Å². The Bertz CT molecular complexity index is 349. The van der Waals surface area contributed by atoms with Crippen molar-refractivity contribution in [1.29, 1.82) is 0 Å². The zero-order valence-corrected chi connectivity index (χ0v) is 14.1. The molecule has 0 bridgehead atoms. The third-order valence-corrected chi connectivity index (χ3v) is 6.72. The molecule has 4 heteroatoms. The van der Waals surface area contributed by atoms with Crippen molar-refractivity contribution in [3.63, 3.8) is 0 Å². The summed E-state index contributed by atoms with van der Waals surface area (Å²) in [5.74, 6) is 0. The quantitative estimate of drug-likeness (QED) is 0.675. The smallest absolute Gasteiger partial charge is 0.372 e. The molecule has 2 N–H and O–H groups in total. The lowest BCUT2D eigenvalue weighted by Gasteiger charge is -2.31. The molecule has 0 aliphatic rings. The van der Waals surface area contributed by atoms with Crippen molar-refractivity contribution < 1.29 is 8.85 Å². The minimum Gasteiger partial charge on any atom is -0.391 e. The molecule has 1 atom stereocenters. The summed E-state index contributed by atoms with van der Waals surface area (Å²) in [7, 11) is -2.36. The molecule has 20 heavy (non-hydrogen) atoms. The molecule has 0 saturated carbocycles. The van der Waals surface area contributed by atoms with Crippen LogP contribution in [0.2, 0.25) is 6.04 Å². The SMILES string of the molecule is CCCO[Si](CCC(C)N)(OCCC)c1ccccc1. The maximum absolute atomic E-state index is 6.28. The molecule has 3 nitrogen and oxygen atoms in total. The first kappa shape index (κ1) is 17.4. The van der Waals surface area contributed by atoms with E-state index in [1.807, 2.05) is 13.0 Å². The van der Waals surface area contributed by atoms with E-state index in [9.17, 15) is 0 Å². The fraction of sp³-hybridized carbons (Fsp3) is 0.625. The van der Waals surface area contributed by atoms with Crippen molar-refractivity contribution in [1.82, 2.24) is 0 Å². The van der Waals surface area contributed by atoms with Crippen molar-refractivity contribution in [3.8, 4) is 0 Å². The molecule has 1 aromatic carbocycles. The van der Waals surface area contributed by atoms with E-state index in [1.165, 1.54) is 5.19 Å². The molecule has 0 amide bonds. The Labute approximate surface area is 124 Å². The van der Waals surface area contributed by atoms with Gasteiger partial charge in [0.1, 0.15) is 0 Å². The Balaban J connectivity index is 2.97. The van der Waals surface area contributed by atoms with E-state index in [0.717, 1.165) is 38.5 Å². The Morgan fingerprint density at radius 2 is 1.60 bits per heavy atom. The van der Waals surface area contributed by atoms with Crippen LogP contribution < -0.4 is 10.9 Å². The van der Waals surface area contributed by atoms with Gasteiger partial charge in [-0.1, -0.05) is 44.2 Å². The summed E-state index contributed by atoms with van der Waals surface area (Å²) in [5.41, 5.74) is 5.95. The second-order valence-corrected chi connectivity index (χ2v) is 8.49. The van der Waals surface area contributed by atoms with Crippen LogP contribution in [0.25, 0.3) is 0 Å². The van der Waals surface area contributed by atoms with E-state index in [-0.39, 0.29) is 6.04 Å². The molecular weight excluding hydrogens is 266 g/mol. The van der Waals surface area contributed by atoms with E-state index in [1.54, 1.807) is 0 Å². The fourth-order valence-corrected chi connectivity index (χ4v) is 5.74. The van der Waals surface area contributed by atoms with Crippen LogP contribution in [-0.2, 0) is 8.85 Å². The van der Waals surface area contributed by atoms with Crippen molar-refractivity contribution in [2.24, 2.45) is 5.73 Å². The third-order valence-electron chi connectivity index (χ3n) is 3.22. The summed E-state index contributed by atoms with van der Waals surface area (Å²) in [6.45, 7) is 7.82. The van der Waals surface area contributed by atoms with E-state index >= 15 is 0 Å². The van der Waals surface area contributed by atoms with Gasteiger partial charge in [0.15, 0.2) is 0 Å². The van der Waals surface area contributed by atoms with Crippen LogP contribution in [0, 0.1) is 0 Å². The summed E-state index contributed by atoms with van der Waals surface area (Å²) >= 11 is 0. The zero-order valence-electron chi connectivity index (χ0n) is 13.1. The van der Waals surface area contributed by atoms with Gasteiger partial charge in [0.25, 0.3) is 0 Å². The predicted octanol–water partition coefficient (Wildman–Crippen LogP) is 2.93. The molecule has 1 rings (SSSR count). The maximum atomic E-state index is 6.28. The number of nitrogens with two attached hydrogens (primary N) is 1. The molecule has 0 fully saturated rings. The molecular formula is C16H29NO2Si. The highest BCUT2D eigenvalue weighted by molar-refractivity contribution is 6.81. The van der Waals surface area contributed by atoms with Gasteiger partial charge in [0.05, 0.1) is 0 Å². The molecule has 0 aliphatic heterocycles. The molecule has 0 saturated heterocycles. The Hall–Kier alpha value is -0.683. The minimum atomic E-state index is -2.36. The Morgan fingerprint density at radius 1 is 1.05 bits per heavy atom. The van der Waals surface area contributed by atoms with Crippen LogP contribution in [-0.4, -0.2) is 27.8 Å². The molecule has 0 spiro atoms. The van der Waals surface area contributed by atoms with E-state index in [0.29, 0.717) is 0 Å². The number of benzene rings is 1. The van der Waals surface area contributed by atoms with Gasteiger partial charge in [-0.15, -0.1) is 0 Å². The van der Waals surface area contributed by atoms with Crippen LogP contribution in [0.5, 0.6) is 0 Å². The lowest BCUT2D eigenvalue weighted by Crippen LogP contribution is -2.54. The van der Waals surface area contributed by atoms with Crippen LogP contribution in [0.3, 0.4) is 0 Å². The van der Waals surface area contributed by atoms with Gasteiger partial charge in [0.2, 0.25) is 0 Å². The summed E-state index contributed by atoms with van der Waals surface area (Å²) in [6.07, 6.45) is 2.96. The van der Waals surface area contributed by atoms with Gasteiger partial charge in [-0.25, -0.2) is 0 Å². The highest BCUT2D eigenvalue weighted by Crippen LogP contribution is 2.18. The molecule has 0 aliphatic carbocycles. The second-order valence-electron chi connectivity index (χ2n) is 5.33. The molecule has 1 unspecified atom stereocenters. The van der Waals surface area contributed by atoms with Gasteiger partial charge in [-0.05, 0) is 37.4 Å². The lowest BCUT2D eigenvalue weighted by atomic mass is 10.3. The highest BCUT2D eigenvalue weighted by Gasteiger charge is 2.39. The van der Waals surface area contributed by atoms with E-state index in [2.05, 4.69) is 38.1 Å². The normalized spacial score (nSPS) is 13.4. The summed E-state index contributed by atoms with van der Waals surface area (Å²) in [6, 6.07) is 11.5. The molecule has 1 aromatic rings. The zero-order chi connectivity index (χ0) is 14.8. The number of rotatable bonds is 10.